The summed E-state index contributed by atoms with van der Waals surface area (Å²) >= 11 is 0. The molecule has 30 heavy (non-hydrogen) atoms. The average Bonchev–Trinajstić information content (AvgIpc) is 2.73. The summed E-state index contributed by atoms with van der Waals surface area (Å²) in [6.07, 6.45) is -4.50. The number of para-hydroxylation sites is 1. The molecule has 0 bridgehead atoms. The van der Waals surface area contributed by atoms with Gasteiger partial charge in [0.15, 0.2) is 0 Å². The first kappa shape index (κ1) is 20.9. The fourth-order valence-corrected chi connectivity index (χ4v) is 2.66. The van der Waals surface area contributed by atoms with Gasteiger partial charge in [0.2, 0.25) is 5.91 Å². The van der Waals surface area contributed by atoms with E-state index in [1.165, 1.54) is 24.3 Å². The van der Waals surface area contributed by atoms with E-state index in [9.17, 15) is 22.8 Å². The monoisotopic (exact) mass is 413 g/mol. The van der Waals surface area contributed by atoms with Gasteiger partial charge in [-0.3, -0.25) is 9.59 Å². The van der Waals surface area contributed by atoms with Gasteiger partial charge in [0, 0.05) is 22.6 Å². The Bertz CT molecular complexity index is 1040. The van der Waals surface area contributed by atoms with Crippen molar-refractivity contribution >= 4 is 28.9 Å². The summed E-state index contributed by atoms with van der Waals surface area (Å²) in [6.45, 7) is -0.0202. The standard InChI is InChI=1S/C22H18F3N3O2/c23-22(24,25)16-7-5-11-19(13-16)28-21(30)15-6-4-10-18(12-15)26-14-20(29)27-17-8-2-1-3-9-17/h1-13,26H,14H2,(H,27,29)(H,28,30). The molecule has 0 aliphatic carbocycles. The molecule has 0 saturated heterocycles. The van der Waals surface area contributed by atoms with E-state index in [2.05, 4.69) is 16.0 Å². The second kappa shape index (κ2) is 9.13. The van der Waals surface area contributed by atoms with E-state index in [0.29, 0.717) is 11.4 Å². The second-order valence-corrected chi connectivity index (χ2v) is 6.38. The van der Waals surface area contributed by atoms with Crippen molar-refractivity contribution in [3.05, 3.63) is 90.0 Å². The summed E-state index contributed by atoms with van der Waals surface area (Å²) in [5.41, 5.74) is 0.616. The molecule has 0 atom stereocenters. The lowest BCUT2D eigenvalue weighted by molar-refractivity contribution is -0.137. The predicted octanol–water partition coefficient (Wildman–Crippen LogP) is 5.01. The Morgan fingerprint density at radius 2 is 1.40 bits per heavy atom. The molecule has 0 saturated carbocycles. The van der Waals surface area contributed by atoms with Crippen LogP contribution in [0.25, 0.3) is 0 Å². The number of carbonyl (C=O) groups is 2. The number of nitrogens with one attached hydrogen (secondary N) is 3. The van der Waals surface area contributed by atoms with Crippen LogP contribution in [-0.2, 0) is 11.0 Å². The van der Waals surface area contributed by atoms with Crippen LogP contribution < -0.4 is 16.0 Å². The molecule has 0 radical (unpaired) electrons. The molecule has 0 aliphatic rings. The van der Waals surface area contributed by atoms with Crippen molar-refractivity contribution in [2.24, 2.45) is 0 Å². The van der Waals surface area contributed by atoms with Gasteiger partial charge in [-0.05, 0) is 48.5 Å². The summed E-state index contributed by atoms with van der Waals surface area (Å²) in [4.78, 5) is 24.4. The van der Waals surface area contributed by atoms with E-state index >= 15 is 0 Å². The summed E-state index contributed by atoms with van der Waals surface area (Å²) < 4.78 is 38.4. The minimum Gasteiger partial charge on any atom is -0.376 e. The smallest absolute Gasteiger partial charge is 0.376 e. The van der Waals surface area contributed by atoms with Crippen molar-refractivity contribution in [1.82, 2.24) is 0 Å². The van der Waals surface area contributed by atoms with Crippen LogP contribution in [0, 0.1) is 0 Å². The first-order valence-corrected chi connectivity index (χ1v) is 8.99. The van der Waals surface area contributed by atoms with E-state index in [1.54, 1.807) is 36.4 Å². The maximum absolute atomic E-state index is 12.8. The van der Waals surface area contributed by atoms with Crippen LogP contribution in [0.4, 0.5) is 30.2 Å². The van der Waals surface area contributed by atoms with Crippen LogP contribution in [0.2, 0.25) is 0 Å². The van der Waals surface area contributed by atoms with Gasteiger partial charge in [-0.1, -0.05) is 30.3 Å². The molecule has 0 fully saturated rings. The molecular formula is C22H18F3N3O2. The van der Waals surface area contributed by atoms with Crippen LogP contribution in [0.5, 0.6) is 0 Å². The molecule has 0 spiro atoms. The molecule has 0 aromatic heterocycles. The fourth-order valence-electron chi connectivity index (χ4n) is 2.66. The SMILES string of the molecule is O=C(CNc1cccc(C(=O)Nc2cccc(C(F)(F)F)c2)c1)Nc1ccccc1. The van der Waals surface area contributed by atoms with Crippen LogP contribution in [0.15, 0.2) is 78.9 Å². The Kier molecular flexibility index (Phi) is 6.36. The number of hydrogen-bond acceptors (Lipinski definition) is 3. The van der Waals surface area contributed by atoms with Gasteiger partial charge in [0.25, 0.3) is 5.91 Å². The van der Waals surface area contributed by atoms with E-state index in [4.69, 9.17) is 0 Å². The van der Waals surface area contributed by atoms with Crippen molar-refractivity contribution in [3.8, 4) is 0 Å². The highest BCUT2D eigenvalue weighted by Crippen LogP contribution is 2.30. The molecule has 3 aromatic rings. The number of benzene rings is 3. The molecular weight excluding hydrogens is 395 g/mol. The predicted molar refractivity (Wildman–Crippen MR) is 109 cm³/mol. The minimum absolute atomic E-state index is 0.0202. The molecule has 3 N–H and O–H groups in total. The maximum atomic E-state index is 12.8. The number of carbonyl (C=O) groups excluding carboxylic acids is 2. The highest BCUT2D eigenvalue weighted by atomic mass is 19.4. The summed E-state index contributed by atoms with van der Waals surface area (Å²) in [7, 11) is 0. The largest absolute Gasteiger partial charge is 0.416 e. The molecule has 3 aromatic carbocycles. The van der Waals surface area contributed by atoms with Crippen LogP contribution >= 0.6 is 0 Å². The number of alkyl halides is 3. The van der Waals surface area contributed by atoms with Gasteiger partial charge < -0.3 is 16.0 Å². The third-order valence-electron chi connectivity index (χ3n) is 4.08. The number of hydrogen-bond donors (Lipinski definition) is 3. The first-order valence-electron chi connectivity index (χ1n) is 8.99. The lowest BCUT2D eigenvalue weighted by Gasteiger charge is -2.11. The molecule has 5 nitrogen and oxygen atoms in total. The fraction of sp³-hybridized carbons (Fsp3) is 0.0909. The number of rotatable bonds is 6. The highest BCUT2D eigenvalue weighted by molar-refractivity contribution is 6.05. The zero-order valence-corrected chi connectivity index (χ0v) is 15.7. The topological polar surface area (TPSA) is 70.2 Å². The highest BCUT2D eigenvalue weighted by Gasteiger charge is 2.30. The number of anilines is 3. The van der Waals surface area contributed by atoms with E-state index in [1.807, 2.05) is 6.07 Å². The molecule has 2 amide bonds. The van der Waals surface area contributed by atoms with Gasteiger partial charge in [-0.15, -0.1) is 0 Å². The maximum Gasteiger partial charge on any atom is 0.416 e. The van der Waals surface area contributed by atoms with Gasteiger partial charge in [-0.25, -0.2) is 0 Å². The Morgan fingerprint density at radius 3 is 2.13 bits per heavy atom. The van der Waals surface area contributed by atoms with Crippen molar-refractivity contribution < 1.29 is 22.8 Å². The molecule has 0 aliphatic heterocycles. The molecule has 0 unspecified atom stereocenters. The lowest BCUT2D eigenvalue weighted by Crippen LogP contribution is -2.22. The summed E-state index contributed by atoms with van der Waals surface area (Å²) in [6, 6.07) is 19.7. The Labute approximate surface area is 170 Å². The average molecular weight is 413 g/mol. The van der Waals surface area contributed by atoms with Gasteiger partial charge in [0.1, 0.15) is 0 Å². The Morgan fingerprint density at radius 1 is 0.733 bits per heavy atom. The minimum atomic E-state index is -4.50. The van der Waals surface area contributed by atoms with Gasteiger partial charge in [0.05, 0.1) is 12.1 Å². The van der Waals surface area contributed by atoms with Crippen LogP contribution in [-0.4, -0.2) is 18.4 Å². The van der Waals surface area contributed by atoms with E-state index in [-0.39, 0.29) is 23.7 Å². The van der Waals surface area contributed by atoms with Crippen molar-refractivity contribution in [1.29, 1.82) is 0 Å². The molecule has 154 valence electrons. The Balaban J connectivity index is 1.61. The first-order chi connectivity index (χ1) is 14.3. The van der Waals surface area contributed by atoms with Crippen LogP contribution in [0.1, 0.15) is 15.9 Å². The zero-order valence-electron chi connectivity index (χ0n) is 15.7. The van der Waals surface area contributed by atoms with E-state index in [0.717, 1.165) is 12.1 Å². The van der Waals surface area contributed by atoms with Crippen molar-refractivity contribution in [2.75, 3.05) is 22.5 Å². The Hall–Kier alpha value is -3.81. The third-order valence-corrected chi connectivity index (χ3v) is 4.08. The zero-order chi connectivity index (χ0) is 21.6. The molecule has 8 heteroatoms. The normalized spacial score (nSPS) is 10.9. The van der Waals surface area contributed by atoms with E-state index < -0.39 is 17.6 Å². The third kappa shape index (κ3) is 5.84. The molecule has 0 heterocycles. The van der Waals surface area contributed by atoms with Crippen LogP contribution in [0.3, 0.4) is 0 Å². The van der Waals surface area contributed by atoms with Crippen molar-refractivity contribution in [3.63, 3.8) is 0 Å². The number of halogens is 3. The summed E-state index contributed by atoms with van der Waals surface area (Å²) in [5.74, 6) is -0.827. The quantitative estimate of drug-likeness (QED) is 0.532. The lowest BCUT2D eigenvalue weighted by atomic mass is 10.1. The number of amides is 2. The second-order valence-electron chi connectivity index (χ2n) is 6.38. The van der Waals surface area contributed by atoms with Crippen molar-refractivity contribution in [2.45, 2.75) is 6.18 Å². The van der Waals surface area contributed by atoms with Gasteiger partial charge >= 0.3 is 6.18 Å². The summed E-state index contributed by atoms with van der Waals surface area (Å²) in [5, 5.41) is 8.09. The van der Waals surface area contributed by atoms with Gasteiger partial charge in [-0.2, -0.15) is 13.2 Å². The molecule has 3 rings (SSSR count).